The number of rotatable bonds is 4. The summed E-state index contributed by atoms with van der Waals surface area (Å²) >= 11 is 0. The van der Waals surface area contributed by atoms with Gasteiger partial charge in [-0.3, -0.25) is 4.79 Å². The molecule has 0 fully saturated rings. The highest BCUT2D eigenvalue weighted by molar-refractivity contribution is 5.99. The maximum Gasteiger partial charge on any atom is 0.253 e. The molecule has 1 rings (SSSR count). The lowest BCUT2D eigenvalue weighted by atomic mass is 10.1. The summed E-state index contributed by atoms with van der Waals surface area (Å²) in [5, 5.41) is 11.8. The number of aryl methyl sites for hydroxylation is 1. The molecule has 4 heteroatoms. The molecule has 1 amide bonds. The number of nitrogens with two attached hydrogens (primary N) is 1. The molecule has 0 aromatic heterocycles. The van der Waals surface area contributed by atoms with E-state index >= 15 is 0 Å². The fourth-order valence-electron chi connectivity index (χ4n) is 1.36. The number of benzene rings is 1. The summed E-state index contributed by atoms with van der Waals surface area (Å²) in [6.07, 6.45) is 0.132. The van der Waals surface area contributed by atoms with Crippen LogP contribution in [0.2, 0.25) is 0 Å². The number of aliphatic hydroxyl groups excluding tert-OH is 1. The standard InChI is InChI=1S/C12H18N2O2/c1-8-3-4-11(13)10(7-8)12(16)14-6-5-9(2)15/h3-4,7,9,15H,5-6,13H2,1-2H3,(H,14,16). The van der Waals surface area contributed by atoms with Crippen LogP contribution in [0.1, 0.15) is 29.3 Å². The van der Waals surface area contributed by atoms with Crippen molar-refractivity contribution in [2.24, 2.45) is 0 Å². The summed E-state index contributed by atoms with van der Waals surface area (Å²) in [6.45, 7) is 4.04. The first-order valence-corrected chi connectivity index (χ1v) is 5.33. The minimum absolute atomic E-state index is 0.193. The predicted molar refractivity (Wildman–Crippen MR) is 64.2 cm³/mol. The molecule has 0 radical (unpaired) electrons. The third-order valence-corrected chi connectivity index (χ3v) is 2.30. The normalized spacial score (nSPS) is 12.2. The Morgan fingerprint density at radius 3 is 2.88 bits per heavy atom. The van der Waals surface area contributed by atoms with Gasteiger partial charge in [-0.25, -0.2) is 0 Å². The van der Waals surface area contributed by atoms with Gasteiger partial charge in [0.15, 0.2) is 0 Å². The Balaban J connectivity index is 2.62. The van der Waals surface area contributed by atoms with Gasteiger partial charge < -0.3 is 16.2 Å². The highest BCUT2D eigenvalue weighted by Crippen LogP contribution is 2.13. The van der Waals surface area contributed by atoms with Crippen molar-refractivity contribution in [2.45, 2.75) is 26.4 Å². The summed E-state index contributed by atoms with van der Waals surface area (Å²) < 4.78 is 0. The zero-order chi connectivity index (χ0) is 12.1. The molecule has 1 aromatic rings. The molecule has 0 spiro atoms. The number of amides is 1. The maximum atomic E-state index is 11.7. The Hall–Kier alpha value is -1.55. The van der Waals surface area contributed by atoms with Crippen LogP contribution >= 0.6 is 0 Å². The molecule has 1 atom stereocenters. The van der Waals surface area contributed by atoms with E-state index in [0.29, 0.717) is 24.2 Å². The Kier molecular flexibility index (Phi) is 4.31. The third-order valence-electron chi connectivity index (χ3n) is 2.30. The van der Waals surface area contributed by atoms with Crippen molar-refractivity contribution < 1.29 is 9.90 Å². The first kappa shape index (κ1) is 12.5. The van der Waals surface area contributed by atoms with Gasteiger partial charge in [-0.2, -0.15) is 0 Å². The molecule has 4 nitrogen and oxygen atoms in total. The molecule has 16 heavy (non-hydrogen) atoms. The van der Waals surface area contributed by atoms with E-state index in [4.69, 9.17) is 10.8 Å². The highest BCUT2D eigenvalue weighted by Gasteiger charge is 2.09. The van der Waals surface area contributed by atoms with E-state index in [2.05, 4.69) is 5.32 Å². The van der Waals surface area contributed by atoms with Crippen LogP contribution in [0.3, 0.4) is 0 Å². The van der Waals surface area contributed by atoms with Crippen molar-refractivity contribution in [3.8, 4) is 0 Å². The lowest BCUT2D eigenvalue weighted by molar-refractivity contribution is 0.0946. The van der Waals surface area contributed by atoms with Crippen molar-refractivity contribution in [1.82, 2.24) is 5.32 Å². The Bertz CT molecular complexity index is 375. The molecule has 4 N–H and O–H groups in total. The van der Waals surface area contributed by atoms with Gasteiger partial charge in [0.25, 0.3) is 5.91 Å². The third kappa shape index (κ3) is 3.55. The van der Waals surface area contributed by atoms with E-state index in [0.717, 1.165) is 5.56 Å². The molecular formula is C12H18N2O2. The van der Waals surface area contributed by atoms with Gasteiger partial charge in [-0.15, -0.1) is 0 Å². The molecule has 0 aliphatic rings. The van der Waals surface area contributed by atoms with Crippen molar-refractivity contribution in [3.63, 3.8) is 0 Å². The van der Waals surface area contributed by atoms with Crippen LogP contribution in [-0.4, -0.2) is 23.7 Å². The summed E-state index contributed by atoms with van der Waals surface area (Å²) in [5.41, 5.74) is 7.67. The van der Waals surface area contributed by atoms with E-state index < -0.39 is 6.10 Å². The summed E-state index contributed by atoms with van der Waals surface area (Å²) in [4.78, 5) is 11.7. The number of anilines is 1. The molecule has 0 saturated carbocycles. The maximum absolute atomic E-state index is 11.7. The van der Waals surface area contributed by atoms with Gasteiger partial charge >= 0.3 is 0 Å². The second-order valence-electron chi connectivity index (χ2n) is 3.98. The van der Waals surface area contributed by atoms with Crippen LogP contribution < -0.4 is 11.1 Å². The molecule has 0 aliphatic carbocycles. The Morgan fingerprint density at radius 2 is 2.25 bits per heavy atom. The quantitative estimate of drug-likeness (QED) is 0.667. The smallest absolute Gasteiger partial charge is 0.253 e. The van der Waals surface area contributed by atoms with Gasteiger partial charge in [0.2, 0.25) is 0 Å². The molecule has 0 aliphatic heterocycles. The number of carbonyl (C=O) groups excluding carboxylic acids is 1. The molecule has 0 heterocycles. The van der Waals surface area contributed by atoms with E-state index in [1.165, 1.54) is 0 Å². The van der Waals surface area contributed by atoms with E-state index in [-0.39, 0.29) is 5.91 Å². The number of hydrogen-bond donors (Lipinski definition) is 3. The topological polar surface area (TPSA) is 75.4 Å². The lowest BCUT2D eigenvalue weighted by Gasteiger charge is -2.09. The molecule has 0 saturated heterocycles. The van der Waals surface area contributed by atoms with Crippen LogP contribution in [0.15, 0.2) is 18.2 Å². The average molecular weight is 222 g/mol. The molecule has 1 unspecified atom stereocenters. The number of nitrogens with one attached hydrogen (secondary N) is 1. The van der Waals surface area contributed by atoms with Crippen LogP contribution in [-0.2, 0) is 0 Å². The van der Waals surface area contributed by atoms with Crippen LogP contribution in [0, 0.1) is 6.92 Å². The fraction of sp³-hybridized carbons (Fsp3) is 0.417. The first-order valence-electron chi connectivity index (χ1n) is 5.33. The SMILES string of the molecule is Cc1ccc(N)c(C(=O)NCCC(C)O)c1. The average Bonchev–Trinajstić information content (AvgIpc) is 2.21. The van der Waals surface area contributed by atoms with E-state index in [1.807, 2.05) is 13.0 Å². The molecule has 0 bridgehead atoms. The van der Waals surface area contributed by atoms with Crippen molar-refractivity contribution >= 4 is 11.6 Å². The summed E-state index contributed by atoms with van der Waals surface area (Å²) in [6, 6.07) is 5.34. The van der Waals surface area contributed by atoms with Gasteiger partial charge in [0, 0.05) is 12.2 Å². The van der Waals surface area contributed by atoms with Crippen molar-refractivity contribution in [2.75, 3.05) is 12.3 Å². The second kappa shape index (κ2) is 5.51. The van der Waals surface area contributed by atoms with E-state index in [9.17, 15) is 4.79 Å². The minimum Gasteiger partial charge on any atom is -0.398 e. The first-order chi connectivity index (χ1) is 7.50. The summed E-state index contributed by atoms with van der Waals surface area (Å²) in [7, 11) is 0. The van der Waals surface area contributed by atoms with Crippen molar-refractivity contribution in [3.05, 3.63) is 29.3 Å². The van der Waals surface area contributed by atoms with Crippen LogP contribution in [0.5, 0.6) is 0 Å². The Morgan fingerprint density at radius 1 is 1.56 bits per heavy atom. The highest BCUT2D eigenvalue weighted by atomic mass is 16.3. The number of nitrogen functional groups attached to an aromatic ring is 1. The van der Waals surface area contributed by atoms with E-state index in [1.54, 1.807) is 19.1 Å². The van der Waals surface area contributed by atoms with Crippen LogP contribution in [0.25, 0.3) is 0 Å². The van der Waals surface area contributed by atoms with Gasteiger partial charge in [0.1, 0.15) is 0 Å². The van der Waals surface area contributed by atoms with Gasteiger partial charge in [-0.05, 0) is 32.4 Å². The number of aliphatic hydroxyl groups is 1. The predicted octanol–water partition coefficient (Wildman–Crippen LogP) is 1.08. The lowest BCUT2D eigenvalue weighted by Crippen LogP contribution is -2.27. The fourth-order valence-corrected chi connectivity index (χ4v) is 1.36. The van der Waals surface area contributed by atoms with Gasteiger partial charge in [-0.1, -0.05) is 11.6 Å². The summed E-state index contributed by atoms with van der Waals surface area (Å²) in [5.74, 6) is -0.193. The number of hydrogen-bond acceptors (Lipinski definition) is 3. The second-order valence-corrected chi connectivity index (χ2v) is 3.98. The molecule has 88 valence electrons. The minimum atomic E-state index is -0.407. The zero-order valence-corrected chi connectivity index (χ0v) is 9.66. The number of carbonyl (C=O) groups is 1. The van der Waals surface area contributed by atoms with Crippen LogP contribution in [0.4, 0.5) is 5.69 Å². The largest absolute Gasteiger partial charge is 0.398 e. The monoisotopic (exact) mass is 222 g/mol. The molecule has 1 aromatic carbocycles. The zero-order valence-electron chi connectivity index (χ0n) is 9.66. The Labute approximate surface area is 95.5 Å². The molecular weight excluding hydrogens is 204 g/mol. The van der Waals surface area contributed by atoms with Crippen molar-refractivity contribution in [1.29, 1.82) is 0 Å². The van der Waals surface area contributed by atoms with Gasteiger partial charge in [0.05, 0.1) is 11.7 Å².